The van der Waals surface area contributed by atoms with Gasteiger partial charge in [-0.3, -0.25) is 4.90 Å². The Morgan fingerprint density at radius 2 is 1.81 bits per heavy atom. The molecule has 0 aromatic heterocycles. The van der Waals surface area contributed by atoms with Gasteiger partial charge in [0.25, 0.3) is 0 Å². The number of sulfonamides is 1. The van der Waals surface area contributed by atoms with Gasteiger partial charge >= 0.3 is 0 Å². The summed E-state index contributed by atoms with van der Waals surface area (Å²) in [5.74, 6) is 1.54. The molecule has 3 rings (SSSR count). The summed E-state index contributed by atoms with van der Waals surface area (Å²) in [7, 11) is -0.352. The lowest BCUT2D eigenvalue weighted by atomic mass is 10.2. The molecule has 0 N–H and O–H groups in total. The highest BCUT2D eigenvalue weighted by Gasteiger charge is 2.23. The molecule has 1 atom stereocenters. The Hall–Kier alpha value is -2.09. The minimum Gasteiger partial charge on any atom is -0.486 e. The van der Waals surface area contributed by atoms with E-state index in [1.807, 2.05) is 30.3 Å². The standard InChI is InChI=1S/C20H26N2O4S/c1-4-22(14-17-15-25-19-10-5-6-11-20(19)26-17)13-16-8-7-9-18(12-16)27(23,24)21(2)3/h5-12,17H,4,13-15H2,1-3H3. The number of nitrogens with zero attached hydrogens (tertiary/aromatic N) is 2. The molecule has 0 saturated heterocycles. The molecule has 0 spiro atoms. The lowest BCUT2D eigenvalue weighted by Gasteiger charge is -2.31. The lowest BCUT2D eigenvalue weighted by molar-refractivity contribution is 0.0580. The number of ether oxygens (including phenoxy) is 2. The molecule has 1 aliphatic rings. The number of hydrogen-bond donors (Lipinski definition) is 0. The van der Waals surface area contributed by atoms with Crippen LogP contribution in [0.1, 0.15) is 12.5 Å². The van der Waals surface area contributed by atoms with Crippen molar-refractivity contribution in [3.63, 3.8) is 0 Å². The number of para-hydroxylation sites is 2. The fourth-order valence-corrected chi connectivity index (χ4v) is 3.99. The average Bonchev–Trinajstić information content (AvgIpc) is 2.67. The van der Waals surface area contributed by atoms with E-state index in [1.165, 1.54) is 4.31 Å². The van der Waals surface area contributed by atoms with Gasteiger partial charge in [-0.25, -0.2) is 12.7 Å². The summed E-state index contributed by atoms with van der Waals surface area (Å²) >= 11 is 0. The molecular formula is C20H26N2O4S. The third-order valence-corrected chi connectivity index (χ3v) is 6.37. The maximum absolute atomic E-state index is 12.3. The molecule has 1 heterocycles. The van der Waals surface area contributed by atoms with Crippen LogP contribution in [0.5, 0.6) is 11.5 Å². The maximum atomic E-state index is 12.3. The molecule has 0 radical (unpaired) electrons. The van der Waals surface area contributed by atoms with E-state index < -0.39 is 10.0 Å². The van der Waals surface area contributed by atoms with E-state index in [4.69, 9.17) is 9.47 Å². The first-order valence-electron chi connectivity index (χ1n) is 9.02. The fraction of sp³-hybridized carbons (Fsp3) is 0.400. The number of rotatable bonds is 7. The highest BCUT2D eigenvalue weighted by Crippen LogP contribution is 2.31. The van der Waals surface area contributed by atoms with Gasteiger partial charge < -0.3 is 9.47 Å². The first-order chi connectivity index (χ1) is 12.9. The van der Waals surface area contributed by atoms with Gasteiger partial charge in [-0.15, -0.1) is 0 Å². The van der Waals surface area contributed by atoms with Crippen LogP contribution in [0.2, 0.25) is 0 Å². The van der Waals surface area contributed by atoms with Crippen molar-refractivity contribution in [2.24, 2.45) is 0 Å². The van der Waals surface area contributed by atoms with Crippen LogP contribution in [0.25, 0.3) is 0 Å². The quantitative estimate of drug-likeness (QED) is 0.727. The molecule has 1 aliphatic heterocycles. The Morgan fingerprint density at radius 1 is 1.07 bits per heavy atom. The van der Waals surface area contributed by atoms with Crippen LogP contribution in [-0.4, -0.2) is 57.5 Å². The molecule has 0 saturated carbocycles. The summed E-state index contributed by atoms with van der Waals surface area (Å²) in [6, 6.07) is 14.8. The Morgan fingerprint density at radius 3 is 2.52 bits per heavy atom. The third kappa shape index (κ3) is 4.61. The number of likely N-dealkylation sites (N-methyl/N-ethyl adjacent to an activating group) is 1. The molecular weight excluding hydrogens is 364 g/mol. The van der Waals surface area contributed by atoms with Gasteiger partial charge in [0, 0.05) is 27.2 Å². The summed E-state index contributed by atoms with van der Waals surface area (Å²) in [6.45, 7) is 4.76. The van der Waals surface area contributed by atoms with Crippen LogP contribution in [-0.2, 0) is 16.6 Å². The van der Waals surface area contributed by atoms with E-state index in [2.05, 4.69) is 11.8 Å². The zero-order valence-corrected chi connectivity index (χ0v) is 16.8. The Kier molecular flexibility index (Phi) is 6.04. The lowest BCUT2D eigenvalue weighted by Crippen LogP contribution is -2.40. The number of hydrogen-bond acceptors (Lipinski definition) is 5. The van der Waals surface area contributed by atoms with Crippen LogP contribution in [0.3, 0.4) is 0 Å². The maximum Gasteiger partial charge on any atom is 0.242 e. The predicted molar refractivity (Wildman–Crippen MR) is 105 cm³/mol. The molecule has 27 heavy (non-hydrogen) atoms. The Labute approximate surface area is 161 Å². The van der Waals surface area contributed by atoms with Crippen molar-refractivity contribution in [3.8, 4) is 11.5 Å². The van der Waals surface area contributed by atoms with Gasteiger partial charge in [0.2, 0.25) is 10.0 Å². The van der Waals surface area contributed by atoms with E-state index in [-0.39, 0.29) is 6.10 Å². The fourth-order valence-electron chi connectivity index (χ4n) is 3.02. The molecule has 0 amide bonds. The van der Waals surface area contributed by atoms with Crippen LogP contribution >= 0.6 is 0 Å². The molecule has 146 valence electrons. The highest BCUT2D eigenvalue weighted by molar-refractivity contribution is 7.89. The number of benzene rings is 2. The zero-order chi connectivity index (χ0) is 19.4. The molecule has 0 bridgehead atoms. The van der Waals surface area contributed by atoms with Crippen molar-refractivity contribution >= 4 is 10.0 Å². The topological polar surface area (TPSA) is 59.1 Å². The minimum absolute atomic E-state index is 0.0615. The SMILES string of the molecule is CCN(Cc1cccc(S(=O)(=O)N(C)C)c1)CC1COc2ccccc2O1. The van der Waals surface area contributed by atoms with Gasteiger partial charge in [-0.05, 0) is 36.4 Å². The molecule has 0 fully saturated rings. The van der Waals surface area contributed by atoms with Crippen molar-refractivity contribution in [2.75, 3.05) is 33.8 Å². The summed E-state index contributed by atoms with van der Waals surface area (Å²) in [5, 5.41) is 0. The van der Waals surface area contributed by atoms with Crippen LogP contribution < -0.4 is 9.47 Å². The van der Waals surface area contributed by atoms with Gasteiger partial charge in [-0.2, -0.15) is 0 Å². The second-order valence-corrected chi connectivity index (χ2v) is 8.91. The Bertz CT molecular complexity index is 883. The van der Waals surface area contributed by atoms with E-state index in [1.54, 1.807) is 32.3 Å². The van der Waals surface area contributed by atoms with E-state index in [9.17, 15) is 8.42 Å². The average molecular weight is 391 g/mol. The minimum atomic E-state index is -3.43. The third-order valence-electron chi connectivity index (χ3n) is 4.56. The first-order valence-corrected chi connectivity index (χ1v) is 10.5. The monoisotopic (exact) mass is 390 g/mol. The molecule has 7 heteroatoms. The van der Waals surface area contributed by atoms with Gasteiger partial charge in [0.05, 0.1) is 4.90 Å². The second kappa shape index (κ2) is 8.29. The normalized spacial score (nSPS) is 16.7. The van der Waals surface area contributed by atoms with Gasteiger partial charge in [-0.1, -0.05) is 31.2 Å². The molecule has 2 aromatic carbocycles. The first kappa shape index (κ1) is 19.7. The smallest absolute Gasteiger partial charge is 0.242 e. The summed E-state index contributed by atoms with van der Waals surface area (Å²) in [4.78, 5) is 2.54. The molecule has 1 unspecified atom stereocenters. The summed E-state index contributed by atoms with van der Waals surface area (Å²) < 4.78 is 37.8. The van der Waals surface area contributed by atoms with Crippen molar-refractivity contribution in [3.05, 3.63) is 54.1 Å². The summed E-state index contributed by atoms with van der Waals surface area (Å²) in [5.41, 5.74) is 0.955. The van der Waals surface area contributed by atoms with Crippen molar-refractivity contribution < 1.29 is 17.9 Å². The van der Waals surface area contributed by atoms with E-state index in [0.29, 0.717) is 24.6 Å². The van der Waals surface area contributed by atoms with Crippen LogP contribution in [0.4, 0.5) is 0 Å². The van der Waals surface area contributed by atoms with Crippen molar-refractivity contribution in [1.29, 1.82) is 0 Å². The molecule has 0 aliphatic carbocycles. The van der Waals surface area contributed by atoms with Crippen molar-refractivity contribution in [1.82, 2.24) is 9.21 Å². The second-order valence-electron chi connectivity index (χ2n) is 6.76. The molecule has 6 nitrogen and oxygen atoms in total. The van der Waals surface area contributed by atoms with E-state index >= 15 is 0 Å². The number of fused-ring (bicyclic) bond motifs is 1. The van der Waals surface area contributed by atoms with E-state index in [0.717, 1.165) is 23.6 Å². The summed E-state index contributed by atoms with van der Waals surface area (Å²) in [6.07, 6.45) is -0.0615. The zero-order valence-electron chi connectivity index (χ0n) is 16.0. The van der Waals surface area contributed by atoms with Crippen LogP contribution in [0, 0.1) is 0 Å². The van der Waals surface area contributed by atoms with Crippen molar-refractivity contribution in [2.45, 2.75) is 24.5 Å². The largest absolute Gasteiger partial charge is 0.486 e. The Balaban J connectivity index is 1.68. The van der Waals surface area contributed by atoms with Gasteiger partial charge in [0.15, 0.2) is 11.5 Å². The molecule has 2 aromatic rings. The van der Waals surface area contributed by atoms with Gasteiger partial charge in [0.1, 0.15) is 12.7 Å². The van der Waals surface area contributed by atoms with Crippen LogP contribution in [0.15, 0.2) is 53.4 Å². The predicted octanol–water partition coefficient (Wildman–Crippen LogP) is 2.60. The highest BCUT2D eigenvalue weighted by atomic mass is 32.2.